The molecule has 8 aromatic carbocycles. The van der Waals surface area contributed by atoms with Crippen molar-refractivity contribution in [1.29, 1.82) is 0 Å². The molecule has 2 nitrogen and oxygen atoms in total. The number of hydrogen-bond donors (Lipinski definition) is 0. The molecule has 0 fully saturated rings. The summed E-state index contributed by atoms with van der Waals surface area (Å²) in [7, 11) is 0. The molecule has 0 unspecified atom stereocenters. The Morgan fingerprint density at radius 1 is 0.385 bits per heavy atom. The van der Waals surface area contributed by atoms with Crippen molar-refractivity contribution in [3.63, 3.8) is 0 Å². The van der Waals surface area contributed by atoms with Gasteiger partial charge in [0.25, 0.3) is 0 Å². The first-order valence-electron chi connectivity index (χ1n) is 17.7. The summed E-state index contributed by atoms with van der Waals surface area (Å²) in [6.07, 6.45) is 0. The number of rotatable bonds is 4. The molecule has 0 aliphatic carbocycles. The Balaban J connectivity index is 1.13. The lowest BCUT2D eigenvalue weighted by Crippen LogP contribution is -1.95. The summed E-state index contributed by atoms with van der Waals surface area (Å²) in [5, 5.41) is 8.77. The molecule has 0 radical (unpaired) electrons. The minimum Gasteiger partial charge on any atom is -0.309 e. The first-order valence-corrected chi connectivity index (χ1v) is 18.5. The van der Waals surface area contributed by atoms with Gasteiger partial charge in [-0.2, -0.15) is 0 Å². The third-order valence-electron chi connectivity index (χ3n) is 10.6. The second-order valence-corrected chi connectivity index (χ2v) is 14.6. The van der Waals surface area contributed by atoms with Crippen LogP contribution in [0, 0.1) is 0 Å². The molecule has 3 heteroatoms. The molecule has 52 heavy (non-hydrogen) atoms. The Bertz CT molecular complexity index is 3060. The molecule has 0 saturated carbocycles. The van der Waals surface area contributed by atoms with E-state index in [-0.39, 0.29) is 0 Å². The maximum atomic E-state index is 5.31. The highest BCUT2D eigenvalue weighted by Gasteiger charge is 2.18. The zero-order chi connectivity index (χ0) is 34.2. The van der Waals surface area contributed by atoms with Gasteiger partial charge in [-0.3, -0.25) is 0 Å². The maximum absolute atomic E-state index is 5.31. The molecule has 0 bridgehead atoms. The van der Waals surface area contributed by atoms with Crippen molar-refractivity contribution in [1.82, 2.24) is 9.55 Å². The second-order valence-electron chi connectivity index (χ2n) is 13.5. The predicted molar refractivity (Wildman–Crippen MR) is 223 cm³/mol. The Kier molecular flexibility index (Phi) is 6.46. The number of nitrogens with zero attached hydrogens (tertiary/aromatic N) is 2. The van der Waals surface area contributed by atoms with Gasteiger partial charge in [-0.05, 0) is 58.7 Å². The van der Waals surface area contributed by atoms with Crippen molar-refractivity contribution >= 4 is 75.0 Å². The van der Waals surface area contributed by atoms with Crippen molar-refractivity contribution in [3.05, 3.63) is 182 Å². The number of fused-ring (bicyclic) bond motifs is 10. The minimum atomic E-state index is 1.01. The Morgan fingerprint density at radius 2 is 0.923 bits per heavy atom. The van der Waals surface area contributed by atoms with Crippen molar-refractivity contribution < 1.29 is 0 Å². The lowest BCUT2D eigenvalue weighted by Gasteiger charge is -2.13. The van der Waals surface area contributed by atoms with Crippen molar-refractivity contribution in [3.8, 4) is 39.2 Å². The van der Waals surface area contributed by atoms with E-state index in [1.165, 1.54) is 80.4 Å². The third kappa shape index (κ3) is 4.46. The van der Waals surface area contributed by atoms with E-state index >= 15 is 0 Å². The van der Waals surface area contributed by atoms with Crippen molar-refractivity contribution in [2.24, 2.45) is 0 Å². The SMILES string of the molecule is c1ccc(-c2ccc3c4ccc(-c5ccccc5)cc4n(-c4ccc(-c5nc6ccccc6c6c5ccc5c7ccccc7sc56)cc4)c3c2)cc1. The zero-order valence-corrected chi connectivity index (χ0v) is 28.9. The Hall–Kier alpha value is -6.55. The molecular formula is C49H30N2S. The molecular weight excluding hydrogens is 649 g/mol. The molecule has 0 atom stereocenters. The van der Waals surface area contributed by atoms with Gasteiger partial charge in [-0.1, -0.05) is 146 Å². The topological polar surface area (TPSA) is 17.8 Å². The highest BCUT2D eigenvalue weighted by molar-refractivity contribution is 7.26. The van der Waals surface area contributed by atoms with Gasteiger partial charge in [0.2, 0.25) is 0 Å². The molecule has 0 saturated heterocycles. The number of pyridine rings is 1. The standard InChI is InChI=1S/C49H30N2S/c1-3-11-31(12-4-1)34-21-25-37-38-26-22-35(32-13-5-2-6-14-32)30-45(38)51(44(37)29-34)36-23-19-33(20-24-36)48-42-28-27-40-39-15-8-10-18-46(39)52-49(40)47(42)41-16-7-9-17-43(41)50-48/h1-30H. The summed E-state index contributed by atoms with van der Waals surface area (Å²) in [4.78, 5) is 5.31. The van der Waals surface area contributed by atoms with Gasteiger partial charge in [-0.15, -0.1) is 11.3 Å². The third-order valence-corrected chi connectivity index (χ3v) is 11.8. The van der Waals surface area contributed by atoms with Gasteiger partial charge in [0.05, 0.1) is 22.2 Å². The molecule has 0 aliphatic heterocycles. The normalized spacial score (nSPS) is 11.8. The number of hydrogen-bond acceptors (Lipinski definition) is 2. The Labute approximate surface area is 304 Å². The van der Waals surface area contributed by atoms with Crippen LogP contribution >= 0.6 is 11.3 Å². The van der Waals surface area contributed by atoms with Crippen LogP contribution < -0.4 is 0 Å². The molecule has 3 heterocycles. The lowest BCUT2D eigenvalue weighted by atomic mass is 9.98. The highest BCUT2D eigenvalue weighted by atomic mass is 32.1. The summed E-state index contributed by atoms with van der Waals surface area (Å²) >= 11 is 1.88. The molecule has 3 aromatic heterocycles. The number of thiophene rings is 1. The molecule has 0 aliphatic rings. The summed E-state index contributed by atoms with van der Waals surface area (Å²) < 4.78 is 5.07. The second kappa shape index (κ2) is 11.5. The molecule has 11 aromatic rings. The van der Waals surface area contributed by atoms with Crippen LogP contribution in [0.4, 0.5) is 0 Å². The fraction of sp³-hybridized carbons (Fsp3) is 0. The van der Waals surface area contributed by atoms with Crippen LogP contribution in [0.5, 0.6) is 0 Å². The quantitative estimate of drug-likeness (QED) is 0.169. The predicted octanol–water partition coefficient (Wildman–Crippen LogP) is 13.9. The monoisotopic (exact) mass is 678 g/mol. The summed E-state index contributed by atoms with van der Waals surface area (Å²) in [6.45, 7) is 0. The van der Waals surface area contributed by atoms with E-state index < -0.39 is 0 Å². The van der Waals surface area contributed by atoms with Crippen LogP contribution in [-0.2, 0) is 0 Å². The number of aromatic nitrogens is 2. The van der Waals surface area contributed by atoms with E-state index in [4.69, 9.17) is 4.98 Å². The smallest absolute Gasteiger partial charge is 0.0788 e. The maximum Gasteiger partial charge on any atom is 0.0788 e. The van der Waals surface area contributed by atoms with Gasteiger partial charge in [-0.25, -0.2) is 4.98 Å². The van der Waals surface area contributed by atoms with Crippen LogP contribution in [0.15, 0.2) is 182 Å². The van der Waals surface area contributed by atoms with Crippen LogP contribution in [-0.4, -0.2) is 9.55 Å². The molecule has 0 spiro atoms. The molecule has 0 N–H and O–H groups in total. The minimum absolute atomic E-state index is 1.01. The summed E-state index contributed by atoms with van der Waals surface area (Å²) in [5.74, 6) is 0. The first-order chi connectivity index (χ1) is 25.8. The van der Waals surface area contributed by atoms with E-state index in [2.05, 4.69) is 187 Å². The fourth-order valence-electron chi connectivity index (χ4n) is 8.12. The summed E-state index contributed by atoms with van der Waals surface area (Å²) in [6, 6.07) is 66.0. The van der Waals surface area contributed by atoms with Crippen LogP contribution in [0.3, 0.4) is 0 Å². The van der Waals surface area contributed by atoms with Crippen molar-refractivity contribution in [2.75, 3.05) is 0 Å². The average molecular weight is 679 g/mol. The van der Waals surface area contributed by atoms with E-state index in [1.807, 2.05) is 11.3 Å². The molecule has 11 rings (SSSR count). The highest BCUT2D eigenvalue weighted by Crippen LogP contribution is 2.44. The molecule has 0 amide bonds. The van der Waals surface area contributed by atoms with E-state index in [1.54, 1.807) is 0 Å². The van der Waals surface area contributed by atoms with Crippen LogP contribution in [0.1, 0.15) is 0 Å². The number of benzene rings is 8. The fourth-order valence-corrected chi connectivity index (χ4v) is 9.39. The lowest BCUT2D eigenvalue weighted by molar-refractivity contribution is 1.18. The number of para-hydroxylation sites is 1. The van der Waals surface area contributed by atoms with Gasteiger partial charge in [0.1, 0.15) is 0 Å². The van der Waals surface area contributed by atoms with Crippen LogP contribution in [0.2, 0.25) is 0 Å². The Morgan fingerprint density at radius 3 is 1.60 bits per heavy atom. The summed E-state index contributed by atoms with van der Waals surface area (Å²) in [5.41, 5.74) is 11.5. The van der Waals surface area contributed by atoms with Gasteiger partial charge in [0, 0.05) is 58.4 Å². The van der Waals surface area contributed by atoms with E-state index in [0.29, 0.717) is 0 Å². The first kappa shape index (κ1) is 29.2. The average Bonchev–Trinajstić information content (AvgIpc) is 3.76. The van der Waals surface area contributed by atoms with Crippen molar-refractivity contribution in [2.45, 2.75) is 0 Å². The van der Waals surface area contributed by atoms with Gasteiger partial charge in [0.15, 0.2) is 0 Å². The van der Waals surface area contributed by atoms with E-state index in [0.717, 1.165) is 22.5 Å². The zero-order valence-electron chi connectivity index (χ0n) is 28.1. The largest absolute Gasteiger partial charge is 0.309 e. The van der Waals surface area contributed by atoms with Gasteiger partial charge >= 0.3 is 0 Å². The van der Waals surface area contributed by atoms with E-state index in [9.17, 15) is 0 Å². The van der Waals surface area contributed by atoms with Gasteiger partial charge < -0.3 is 4.57 Å². The molecule has 242 valence electrons. The van der Waals surface area contributed by atoms with Crippen LogP contribution in [0.25, 0.3) is 103 Å².